The van der Waals surface area contributed by atoms with Crippen LogP contribution < -0.4 is 5.73 Å². The summed E-state index contributed by atoms with van der Waals surface area (Å²) in [6, 6.07) is 13.8. The van der Waals surface area contributed by atoms with Crippen LogP contribution in [-0.2, 0) is 6.54 Å². The van der Waals surface area contributed by atoms with E-state index in [2.05, 4.69) is 9.98 Å². The molecule has 2 rings (SSSR count). The molecule has 0 aliphatic heterocycles. The van der Waals surface area contributed by atoms with Crippen LogP contribution in [0.25, 0.3) is 0 Å². The number of pyridine rings is 1. The quantitative estimate of drug-likeness (QED) is 0.643. The number of rotatable bonds is 3. The van der Waals surface area contributed by atoms with Crippen LogP contribution in [-0.4, -0.2) is 10.8 Å². The van der Waals surface area contributed by atoms with Crippen molar-refractivity contribution in [3.63, 3.8) is 0 Å². The summed E-state index contributed by atoms with van der Waals surface area (Å²) in [6.07, 6.45) is 1.76. The zero-order valence-corrected chi connectivity index (χ0v) is 9.80. The van der Waals surface area contributed by atoms with Gasteiger partial charge in [0.15, 0.2) is 0 Å². The average Bonchev–Trinajstić information content (AvgIpc) is 2.38. The first kappa shape index (κ1) is 11.3. The van der Waals surface area contributed by atoms with E-state index in [0.29, 0.717) is 12.4 Å². The molecule has 0 unspecified atom stereocenters. The zero-order chi connectivity index (χ0) is 12.1. The average molecular weight is 225 g/mol. The molecule has 1 aromatic heterocycles. The number of amidine groups is 1. The first-order chi connectivity index (χ1) is 8.25. The number of benzene rings is 1. The smallest absolute Gasteiger partial charge is 0.126 e. The van der Waals surface area contributed by atoms with Crippen molar-refractivity contribution in [1.82, 2.24) is 4.98 Å². The minimum atomic E-state index is 0.514. The lowest BCUT2D eigenvalue weighted by atomic mass is 10.1. The molecule has 86 valence electrons. The lowest BCUT2D eigenvalue weighted by Gasteiger charge is -2.01. The first-order valence-corrected chi connectivity index (χ1v) is 5.52. The summed E-state index contributed by atoms with van der Waals surface area (Å²) < 4.78 is 0. The van der Waals surface area contributed by atoms with Crippen LogP contribution in [0.4, 0.5) is 0 Å². The summed E-state index contributed by atoms with van der Waals surface area (Å²) >= 11 is 0. The second-order valence-corrected chi connectivity index (χ2v) is 3.89. The second-order valence-electron chi connectivity index (χ2n) is 3.89. The highest BCUT2D eigenvalue weighted by Crippen LogP contribution is 2.04. The van der Waals surface area contributed by atoms with Crippen molar-refractivity contribution in [1.29, 1.82) is 0 Å². The fourth-order valence-electron chi connectivity index (χ4n) is 1.47. The first-order valence-electron chi connectivity index (χ1n) is 5.52. The van der Waals surface area contributed by atoms with Gasteiger partial charge in [-0.3, -0.25) is 9.98 Å². The molecule has 0 saturated heterocycles. The van der Waals surface area contributed by atoms with E-state index in [4.69, 9.17) is 5.73 Å². The summed E-state index contributed by atoms with van der Waals surface area (Å²) in [6.45, 7) is 2.56. The Balaban J connectivity index is 2.10. The van der Waals surface area contributed by atoms with Crippen LogP contribution in [0, 0.1) is 6.92 Å². The third-order valence-corrected chi connectivity index (χ3v) is 2.48. The van der Waals surface area contributed by atoms with E-state index >= 15 is 0 Å². The molecule has 0 aliphatic rings. The lowest BCUT2D eigenvalue weighted by Crippen LogP contribution is -2.13. The third kappa shape index (κ3) is 3.14. The van der Waals surface area contributed by atoms with Gasteiger partial charge in [0.25, 0.3) is 0 Å². The number of hydrogen-bond acceptors (Lipinski definition) is 2. The summed E-state index contributed by atoms with van der Waals surface area (Å²) in [4.78, 5) is 8.52. The maximum Gasteiger partial charge on any atom is 0.126 e. The molecule has 0 spiro atoms. The van der Waals surface area contributed by atoms with Crippen molar-refractivity contribution >= 4 is 5.84 Å². The fourth-order valence-corrected chi connectivity index (χ4v) is 1.47. The Morgan fingerprint density at radius 1 is 1.18 bits per heavy atom. The molecule has 3 heteroatoms. The fraction of sp³-hybridized carbons (Fsp3) is 0.143. The van der Waals surface area contributed by atoms with Gasteiger partial charge in [-0.15, -0.1) is 0 Å². The molecule has 1 heterocycles. The van der Waals surface area contributed by atoms with Crippen LogP contribution in [0.2, 0.25) is 0 Å². The summed E-state index contributed by atoms with van der Waals surface area (Å²) in [5.74, 6) is 0.552. The Morgan fingerprint density at radius 3 is 2.59 bits per heavy atom. The molecule has 0 fully saturated rings. The molecule has 17 heavy (non-hydrogen) atoms. The van der Waals surface area contributed by atoms with Crippen molar-refractivity contribution in [2.45, 2.75) is 13.5 Å². The molecule has 1 aromatic carbocycles. The standard InChI is InChI=1S/C14H15N3/c1-11-5-7-12(8-6-11)14(15)17-10-13-4-2-3-9-16-13/h2-9H,10H2,1H3,(H2,15,17). The number of aromatic nitrogens is 1. The van der Waals surface area contributed by atoms with Gasteiger partial charge in [0.2, 0.25) is 0 Å². The molecule has 2 N–H and O–H groups in total. The van der Waals surface area contributed by atoms with Crippen LogP contribution >= 0.6 is 0 Å². The monoisotopic (exact) mass is 225 g/mol. The Labute approximate surface area is 101 Å². The van der Waals surface area contributed by atoms with E-state index in [9.17, 15) is 0 Å². The highest BCUT2D eigenvalue weighted by Gasteiger charge is 1.97. The number of aryl methyl sites for hydroxylation is 1. The van der Waals surface area contributed by atoms with Gasteiger partial charge in [0.05, 0.1) is 12.2 Å². The van der Waals surface area contributed by atoms with Crippen LogP contribution in [0.3, 0.4) is 0 Å². The maximum atomic E-state index is 5.92. The largest absolute Gasteiger partial charge is 0.383 e. The molecule has 2 aromatic rings. The SMILES string of the molecule is Cc1ccc(C(N)=NCc2ccccn2)cc1. The van der Waals surface area contributed by atoms with E-state index in [1.165, 1.54) is 5.56 Å². The van der Waals surface area contributed by atoms with Crippen molar-refractivity contribution in [3.05, 3.63) is 65.5 Å². The Hall–Kier alpha value is -2.16. The van der Waals surface area contributed by atoms with Crippen LogP contribution in [0.15, 0.2) is 53.7 Å². The summed E-state index contributed by atoms with van der Waals surface area (Å²) in [7, 11) is 0. The van der Waals surface area contributed by atoms with E-state index in [1.54, 1.807) is 6.20 Å². The topological polar surface area (TPSA) is 51.3 Å². The van der Waals surface area contributed by atoms with Gasteiger partial charge in [-0.05, 0) is 19.1 Å². The molecule has 0 amide bonds. The lowest BCUT2D eigenvalue weighted by molar-refractivity contribution is 0.986. The van der Waals surface area contributed by atoms with Crippen LogP contribution in [0.1, 0.15) is 16.8 Å². The number of nitrogens with zero attached hydrogens (tertiary/aromatic N) is 2. The number of hydrogen-bond donors (Lipinski definition) is 1. The van der Waals surface area contributed by atoms with Gasteiger partial charge >= 0.3 is 0 Å². The van der Waals surface area contributed by atoms with E-state index in [-0.39, 0.29) is 0 Å². The van der Waals surface area contributed by atoms with Gasteiger partial charge in [-0.2, -0.15) is 0 Å². The molecule has 0 saturated carbocycles. The van der Waals surface area contributed by atoms with E-state index < -0.39 is 0 Å². The Bertz CT molecular complexity index is 501. The Morgan fingerprint density at radius 2 is 1.94 bits per heavy atom. The highest BCUT2D eigenvalue weighted by atomic mass is 14.9. The van der Waals surface area contributed by atoms with Crippen molar-refractivity contribution in [2.24, 2.45) is 10.7 Å². The number of nitrogens with two attached hydrogens (primary N) is 1. The maximum absolute atomic E-state index is 5.92. The van der Waals surface area contributed by atoms with Gasteiger partial charge in [-0.1, -0.05) is 35.9 Å². The summed E-state index contributed by atoms with van der Waals surface area (Å²) in [5, 5.41) is 0. The minimum absolute atomic E-state index is 0.514. The molecule has 0 atom stereocenters. The van der Waals surface area contributed by atoms with E-state index in [1.807, 2.05) is 49.4 Å². The molecule has 0 bridgehead atoms. The van der Waals surface area contributed by atoms with Gasteiger partial charge in [0.1, 0.15) is 5.84 Å². The summed E-state index contributed by atoms with van der Waals surface area (Å²) in [5.41, 5.74) is 9.00. The highest BCUT2D eigenvalue weighted by molar-refractivity contribution is 5.97. The van der Waals surface area contributed by atoms with Crippen LogP contribution in [0.5, 0.6) is 0 Å². The van der Waals surface area contributed by atoms with Gasteiger partial charge in [0, 0.05) is 11.8 Å². The normalized spacial score (nSPS) is 11.5. The third-order valence-electron chi connectivity index (χ3n) is 2.48. The minimum Gasteiger partial charge on any atom is -0.383 e. The second kappa shape index (κ2) is 5.25. The molecular formula is C14H15N3. The van der Waals surface area contributed by atoms with Crippen molar-refractivity contribution < 1.29 is 0 Å². The molecule has 0 radical (unpaired) electrons. The predicted molar refractivity (Wildman–Crippen MR) is 69.8 cm³/mol. The van der Waals surface area contributed by atoms with Gasteiger partial charge in [-0.25, -0.2) is 0 Å². The number of aliphatic imine (C=N–C) groups is 1. The molecule has 0 aliphatic carbocycles. The van der Waals surface area contributed by atoms with Crippen molar-refractivity contribution in [2.75, 3.05) is 0 Å². The van der Waals surface area contributed by atoms with Crippen molar-refractivity contribution in [3.8, 4) is 0 Å². The molecular weight excluding hydrogens is 210 g/mol. The van der Waals surface area contributed by atoms with Gasteiger partial charge < -0.3 is 5.73 Å². The van der Waals surface area contributed by atoms with E-state index in [0.717, 1.165) is 11.3 Å². The predicted octanol–water partition coefficient (Wildman–Crippen LogP) is 2.30. The molecule has 3 nitrogen and oxygen atoms in total. The zero-order valence-electron chi connectivity index (χ0n) is 9.80. The Kier molecular flexibility index (Phi) is 3.50.